The predicted molar refractivity (Wildman–Crippen MR) is 86.4 cm³/mol. The first-order valence-electron chi connectivity index (χ1n) is 6.60. The van der Waals surface area contributed by atoms with Gasteiger partial charge in [0.2, 0.25) is 0 Å². The van der Waals surface area contributed by atoms with Crippen LogP contribution in [0, 0.1) is 5.82 Å². The molecule has 0 unspecified atom stereocenters. The number of ether oxygens (including phenoxy) is 1. The van der Waals surface area contributed by atoms with Gasteiger partial charge in [-0.15, -0.1) is 0 Å². The van der Waals surface area contributed by atoms with Gasteiger partial charge in [0.05, 0.1) is 16.3 Å². The summed E-state index contributed by atoms with van der Waals surface area (Å²) < 4.78 is 18.5. The molecule has 1 atom stereocenters. The summed E-state index contributed by atoms with van der Waals surface area (Å²) in [4.78, 5) is 23.9. The molecule has 0 fully saturated rings. The lowest BCUT2D eigenvalue weighted by Crippen LogP contribution is -2.30. The Labute approximate surface area is 142 Å². The van der Waals surface area contributed by atoms with E-state index in [-0.39, 0.29) is 10.6 Å². The van der Waals surface area contributed by atoms with E-state index in [1.807, 2.05) is 0 Å². The number of carbonyl (C=O) groups is 2. The van der Waals surface area contributed by atoms with Gasteiger partial charge in [0.1, 0.15) is 5.82 Å². The first kappa shape index (κ1) is 17.2. The van der Waals surface area contributed by atoms with Crippen LogP contribution in [0.4, 0.5) is 10.1 Å². The first-order chi connectivity index (χ1) is 10.9. The topological polar surface area (TPSA) is 55.4 Å². The summed E-state index contributed by atoms with van der Waals surface area (Å²) in [5.41, 5.74) is 0.0894. The van der Waals surface area contributed by atoms with Crippen LogP contribution in [-0.4, -0.2) is 18.0 Å². The minimum atomic E-state index is -1.13. The highest BCUT2D eigenvalue weighted by Crippen LogP contribution is 2.25. The number of hydrogen-bond acceptors (Lipinski definition) is 3. The van der Waals surface area contributed by atoms with Gasteiger partial charge in [0.15, 0.2) is 6.10 Å². The number of hydrogen-bond donors (Lipinski definition) is 1. The van der Waals surface area contributed by atoms with Crippen LogP contribution in [0.1, 0.15) is 17.3 Å². The van der Waals surface area contributed by atoms with Crippen LogP contribution in [0.2, 0.25) is 10.0 Å². The van der Waals surface area contributed by atoms with Crippen LogP contribution in [0.3, 0.4) is 0 Å². The third-order valence-corrected chi connectivity index (χ3v) is 3.48. The highest BCUT2D eigenvalue weighted by atomic mass is 35.5. The van der Waals surface area contributed by atoms with Crippen molar-refractivity contribution in [1.29, 1.82) is 0 Å². The molecule has 0 saturated carbocycles. The summed E-state index contributed by atoms with van der Waals surface area (Å²) in [5, 5.41) is 3.18. The van der Waals surface area contributed by atoms with Crippen molar-refractivity contribution in [3.8, 4) is 0 Å². The lowest BCUT2D eigenvalue weighted by Gasteiger charge is -2.14. The van der Waals surface area contributed by atoms with Gasteiger partial charge in [-0.05, 0) is 37.3 Å². The molecular weight excluding hydrogens is 344 g/mol. The first-order valence-corrected chi connectivity index (χ1v) is 7.35. The van der Waals surface area contributed by atoms with Crippen LogP contribution < -0.4 is 5.32 Å². The third kappa shape index (κ3) is 4.43. The zero-order valence-electron chi connectivity index (χ0n) is 12.0. The number of nitrogens with one attached hydrogen (secondary N) is 1. The quantitative estimate of drug-likeness (QED) is 0.831. The SMILES string of the molecule is C[C@H](OC(=O)c1ccccc1F)C(=O)Nc1ccc(Cl)cc1Cl. The number of rotatable bonds is 4. The van der Waals surface area contributed by atoms with Crippen molar-refractivity contribution in [2.24, 2.45) is 0 Å². The molecule has 120 valence electrons. The molecule has 0 aliphatic heterocycles. The fourth-order valence-corrected chi connectivity index (χ4v) is 2.19. The maximum atomic E-state index is 13.5. The molecule has 0 spiro atoms. The molecule has 0 saturated heterocycles. The Hall–Kier alpha value is -2.11. The van der Waals surface area contributed by atoms with Crippen LogP contribution in [0.5, 0.6) is 0 Å². The van der Waals surface area contributed by atoms with Crippen molar-refractivity contribution >= 4 is 40.8 Å². The summed E-state index contributed by atoms with van der Waals surface area (Å²) in [7, 11) is 0. The molecule has 0 aromatic heterocycles. The minimum Gasteiger partial charge on any atom is -0.449 e. The molecule has 1 amide bonds. The Balaban J connectivity index is 2.03. The third-order valence-electron chi connectivity index (χ3n) is 2.94. The van der Waals surface area contributed by atoms with Gasteiger partial charge in [0, 0.05) is 5.02 Å². The number of halogens is 3. The van der Waals surface area contributed by atoms with Crippen LogP contribution in [-0.2, 0) is 9.53 Å². The van der Waals surface area contributed by atoms with Crippen molar-refractivity contribution in [1.82, 2.24) is 0 Å². The summed E-state index contributed by atoms with van der Waals surface area (Å²) in [6, 6.07) is 9.90. The van der Waals surface area contributed by atoms with Gasteiger partial charge in [-0.2, -0.15) is 0 Å². The maximum Gasteiger partial charge on any atom is 0.341 e. The van der Waals surface area contributed by atoms with E-state index < -0.39 is 23.8 Å². The summed E-state index contributed by atoms with van der Waals surface area (Å²) >= 11 is 11.7. The smallest absolute Gasteiger partial charge is 0.341 e. The van der Waals surface area contributed by atoms with Gasteiger partial charge in [-0.1, -0.05) is 35.3 Å². The molecule has 0 bridgehead atoms. The molecule has 0 aliphatic carbocycles. The van der Waals surface area contributed by atoms with E-state index in [1.54, 1.807) is 6.07 Å². The van der Waals surface area contributed by atoms with Gasteiger partial charge >= 0.3 is 5.97 Å². The van der Waals surface area contributed by atoms with Gasteiger partial charge < -0.3 is 10.1 Å². The molecule has 1 N–H and O–H groups in total. The Morgan fingerprint density at radius 1 is 1.17 bits per heavy atom. The second-order valence-electron chi connectivity index (χ2n) is 4.64. The van der Waals surface area contributed by atoms with Crippen LogP contribution >= 0.6 is 23.2 Å². The van der Waals surface area contributed by atoms with E-state index >= 15 is 0 Å². The van der Waals surface area contributed by atoms with Gasteiger partial charge in [-0.3, -0.25) is 4.79 Å². The molecule has 7 heteroatoms. The highest BCUT2D eigenvalue weighted by molar-refractivity contribution is 6.36. The maximum absolute atomic E-state index is 13.5. The Morgan fingerprint density at radius 3 is 2.52 bits per heavy atom. The van der Waals surface area contributed by atoms with Crippen molar-refractivity contribution in [2.45, 2.75) is 13.0 Å². The minimum absolute atomic E-state index is 0.239. The fraction of sp³-hybridized carbons (Fsp3) is 0.125. The van der Waals surface area contributed by atoms with Crippen molar-refractivity contribution in [3.63, 3.8) is 0 Å². The Kier molecular flexibility index (Phi) is 5.58. The Bertz CT molecular complexity index is 752. The largest absolute Gasteiger partial charge is 0.449 e. The monoisotopic (exact) mass is 355 g/mol. The second kappa shape index (κ2) is 7.44. The highest BCUT2D eigenvalue weighted by Gasteiger charge is 2.21. The Morgan fingerprint density at radius 2 is 1.87 bits per heavy atom. The average molecular weight is 356 g/mol. The van der Waals surface area contributed by atoms with Crippen molar-refractivity contribution < 1.29 is 18.7 Å². The fourth-order valence-electron chi connectivity index (χ4n) is 1.73. The molecule has 2 aromatic rings. The number of amides is 1. The van der Waals surface area contributed by atoms with E-state index in [2.05, 4.69) is 5.32 Å². The zero-order chi connectivity index (χ0) is 17.0. The number of esters is 1. The molecule has 4 nitrogen and oxygen atoms in total. The van der Waals surface area contributed by atoms with Crippen LogP contribution in [0.15, 0.2) is 42.5 Å². The summed E-state index contributed by atoms with van der Waals surface area (Å²) in [6.07, 6.45) is -1.13. The summed E-state index contributed by atoms with van der Waals surface area (Å²) in [5.74, 6) is -2.24. The lowest BCUT2D eigenvalue weighted by molar-refractivity contribution is -0.123. The molecule has 0 heterocycles. The van der Waals surface area contributed by atoms with Gasteiger partial charge in [0.25, 0.3) is 5.91 Å². The molecular formula is C16H12Cl2FNO3. The van der Waals surface area contributed by atoms with E-state index in [1.165, 1.54) is 37.3 Å². The lowest BCUT2D eigenvalue weighted by atomic mass is 10.2. The number of benzene rings is 2. The van der Waals surface area contributed by atoms with Gasteiger partial charge in [-0.25, -0.2) is 9.18 Å². The molecule has 2 aromatic carbocycles. The van der Waals surface area contributed by atoms with E-state index in [0.29, 0.717) is 10.7 Å². The van der Waals surface area contributed by atoms with E-state index in [4.69, 9.17) is 27.9 Å². The second-order valence-corrected chi connectivity index (χ2v) is 5.48. The normalized spacial score (nSPS) is 11.7. The van der Waals surface area contributed by atoms with Crippen LogP contribution in [0.25, 0.3) is 0 Å². The number of carbonyl (C=O) groups excluding carboxylic acids is 2. The molecule has 0 radical (unpaired) electrons. The predicted octanol–water partition coefficient (Wildman–Crippen LogP) is 4.32. The van der Waals surface area contributed by atoms with Crippen molar-refractivity contribution in [2.75, 3.05) is 5.32 Å². The zero-order valence-corrected chi connectivity index (χ0v) is 13.5. The van der Waals surface area contributed by atoms with Crippen molar-refractivity contribution in [3.05, 3.63) is 63.9 Å². The number of anilines is 1. The molecule has 2 rings (SSSR count). The molecule has 0 aliphatic rings. The average Bonchev–Trinajstić information content (AvgIpc) is 2.50. The van der Waals surface area contributed by atoms with E-state index in [0.717, 1.165) is 6.07 Å². The molecule has 23 heavy (non-hydrogen) atoms. The standard InChI is InChI=1S/C16H12Cl2FNO3/c1-9(23-16(22)11-4-2-3-5-13(11)19)15(21)20-14-7-6-10(17)8-12(14)18/h2-9H,1H3,(H,20,21)/t9-/m0/s1. The summed E-state index contributed by atoms with van der Waals surface area (Å²) in [6.45, 7) is 1.37. The van der Waals surface area contributed by atoms with E-state index in [9.17, 15) is 14.0 Å².